The van der Waals surface area contributed by atoms with Crippen LogP contribution in [0.1, 0.15) is 35.1 Å². The lowest BCUT2D eigenvalue weighted by atomic mass is 9.85. The molecule has 0 radical (unpaired) electrons. The first-order valence-electron chi connectivity index (χ1n) is 10.9. The molecule has 5 heteroatoms. The van der Waals surface area contributed by atoms with E-state index in [1.807, 2.05) is 11.0 Å². The van der Waals surface area contributed by atoms with Gasteiger partial charge in [0.1, 0.15) is 5.82 Å². The van der Waals surface area contributed by atoms with E-state index in [4.69, 9.17) is 5.41 Å². The normalized spacial score (nSPS) is 23.5. The topological polar surface area (TPSA) is 56.2 Å². The Morgan fingerprint density at radius 3 is 2.53 bits per heavy atom. The smallest absolute Gasteiger partial charge is 0.219 e. The van der Waals surface area contributed by atoms with Gasteiger partial charge in [0.25, 0.3) is 0 Å². The van der Waals surface area contributed by atoms with Gasteiger partial charge in [0.2, 0.25) is 5.91 Å². The molecular formula is C27H26FN3O. The summed E-state index contributed by atoms with van der Waals surface area (Å²) in [7, 11) is 0. The number of fused-ring (bicyclic) bond motifs is 1. The molecule has 3 atom stereocenters. The Morgan fingerprint density at radius 2 is 1.88 bits per heavy atom. The van der Waals surface area contributed by atoms with Crippen molar-refractivity contribution in [2.45, 2.75) is 25.2 Å². The van der Waals surface area contributed by atoms with E-state index in [0.29, 0.717) is 18.4 Å². The molecule has 2 aliphatic rings. The van der Waals surface area contributed by atoms with Crippen molar-refractivity contribution < 1.29 is 9.18 Å². The summed E-state index contributed by atoms with van der Waals surface area (Å²) in [5, 5.41) is 11.4. The SMILES string of the molecule is CC(=O)N1CC2C(c3ccccc3)C2(c2cc(C=N)c(Nc3ccc(F)cc3)cc2C)C1. The first kappa shape index (κ1) is 20.4. The highest BCUT2D eigenvalue weighted by Gasteiger charge is 2.70. The maximum Gasteiger partial charge on any atom is 0.219 e. The molecule has 162 valence electrons. The average molecular weight is 428 g/mol. The molecule has 3 aromatic rings. The quantitative estimate of drug-likeness (QED) is 0.537. The molecule has 4 nitrogen and oxygen atoms in total. The number of rotatable bonds is 5. The van der Waals surface area contributed by atoms with E-state index in [-0.39, 0.29) is 17.1 Å². The lowest BCUT2D eigenvalue weighted by molar-refractivity contribution is -0.128. The minimum atomic E-state index is -0.281. The third-order valence-corrected chi connectivity index (χ3v) is 7.16. The van der Waals surface area contributed by atoms with Crippen LogP contribution in [0.5, 0.6) is 0 Å². The van der Waals surface area contributed by atoms with Gasteiger partial charge in [-0.15, -0.1) is 0 Å². The van der Waals surface area contributed by atoms with Gasteiger partial charge in [-0.3, -0.25) is 4.79 Å². The Balaban J connectivity index is 1.55. The predicted octanol–water partition coefficient (Wildman–Crippen LogP) is 5.39. The maximum atomic E-state index is 13.3. The zero-order valence-electron chi connectivity index (χ0n) is 18.2. The van der Waals surface area contributed by atoms with Crippen LogP contribution in [0.25, 0.3) is 0 Å². The number of likely N-dealkylation sites (tertiary alicyclic amines) is 1. The van der Waals surface area contributed by atoms with Crippen molar-refractivity contribution in [1.82, 2.24) is 4.90 Å². The van der Waals surface area contributed by atoms with Crippen LogP contribution < -0.4 is 5.32 Å². The molecule has 1 saturated carbocycles. The number of nitrogens with zero attached hydrogens (tertiary/aromatic N) is 1. The number of amides is 1. The van der Waals surface area contributed by atoms with Crippen molar-refractivity contribution in [3.63, 3.8) is 0 Å². The molecule has 2 N–H and O–H groups in total. The van der Waals surface area contributed by atoms with E-state index >= 15 is 0 Å². The Bertz CT molecular complexity index is 1190. The van der Waals surface area contributed by atoms with Crippen LogP contribution in [0, 0.1) is 24.1 Å². The third-order valence-electron chi connectivity index (χ3n) is 7.16. The summed E-state index contributed by atoms with van der Waals surface area (Å²) in [4.78, 5) is 14.1. The van der Waals surface area contributed by atoms with Gasteiger partial charge in [0.05, 0.1) is 0 Å². The molecule has 5 rings (SSSR count). The van der Waals surface area contributed by atoms with Crippen LogP contribution in [-0.4, -0.2) is 30.1 Å². The Morgan fingerprint density at radius 1 is 1.16 bits per heavy atom. The number of benzene rings is 3. The molecule has 1 aliphatic carbocycles. The van der Waals surface area contributed by atoms with Gasteiger partial charge in [-0.25, -0.2) is 4.39 Å². The molecule has 3 aromatic carbocycles. The number of aryl methyl sites for hydroxylation is 1. The van der Waals surface area contributed by atoms with Gasteiger partial charge in [-0.2, -0.15) is 0 Å². The van der Waals surface area contributed by atoms with Crippen molar-refractivity contribution in [1.29, 1.82) is 5.41 Å². The van der Waals surface area contributed by atoms with Crippen molar-refractivity contribution in [2.24, 2.45) is 5.92 Å². The summed E-state index contributed by atoms with van der Waals surface area (Å²) in [5.41, 5.74) is 5.91. The molecule has 0 aromatic heterocycles. The Kier molecular flexibility index (Phi) is 4.85. The highest BCUT2D eigenvalue weighted by molar-refractivity contribution is 5.88. The fourth-order valence-electron chi connectivity index (χ4n) is 5.65. The minimum absolute atomic E-state index is 0.114. The average Bonchev–Trinajstić information content (AvgIpc) is 3.24. The summed E-state index contributed by atoms with van der Waals surface area (Å²) >= 11 is 0. The lowest BCUT2D eigenvalue weighted by Crippen LogP contribution is -2.32. The van der Waals surface area contributed by atoms with Crippen LogP contribution in [-0.2, 0) is 10.2 Å². The van der Waals surface area contributed by atoms with Gasteiger partial charge in [0, 0.05) is 54.5 Å². The van der Waals surface area contributed by atoms with Crippen LogP contribution in [0.2, 0.25) is 0 Å². The highest BCUT2D eigenvalue weighted by Crippen LogP contribution is 2.69. The van der Waals surface area contributed by atoms with Crippen molar-refractivity contribution in [2.75, 3.05) is 18.4 Å². The summed E-state index contributed by atoms with van der Waals surface area (Å²) in [6.45, 7) is 5.21. The second kappa shape index (κ2) is 7.59. The fourth-order valence-corrected chi connectivity index (χ4v) is 5.65. The molecule has 1 amide bonds. The van der Waals surface area contributed by atoms with Gasteiger partial charge in [0.15, 0.2) is 0 Å². The Hall–Kier alpha value is -3.47. The summed E-state index contributed by atoms with van der Waals surface area (Å²) < 4.78 is 13.3. The number of nitrogens with one attached hydrogen (secondary N) is 2. The number of carbonyl (C=O) groups is 1. The molecule has 1 heterocycles. The number of carbonyl (C=O) groups excluding carboxylic acids is 1. The fraction of sp³-hybridized carbons (Fsp3) is 0.259. The largest absolute Gasteiger partial charge is 0.355 e. The van der Waals surface area contributed by atoms with E-state index in [1.54, 1.807) is 19.1 Å². The molecule has 1 aliphatic heterocycles. The number of anilines is 2. The Labute approximate surface area is 187 Å². The summed E-state index contributed by atoms with van der Waals surface area (Å²) in [5.74, 6) is 0.578. The van der Waals surface area contributed by atoms with E-state index in [9.17, 15) is 9.18 Å². The van der Waals surface area contributed by atoms with E-state index in [1.165, 1.54) is 29.5 Å². The first-order chi connectivity index (χ1) is 15.4. The molecule has 2 fully saturated rings. The van der Waals surface area contributed by atoms with Crippen LogP contribution in [0.3, 0.4) is 0 Å². The minimum Gasteiger partial charge on any atom is -0.355 e. The molecule has 1 saturated heterocycles. The van der Waals surface area contributed by atoms with E-state index in [0.717, 1.165) is 29.0 Å². The zero-order valence-corrected chi connectivity index (χ0v) is 18.2. The summed E-state index contributed by atoms with van der Waals surface area (Å²) in [6.07, 6.45) is 1.36. The standard InChI is InChI=1S/C27H26FN3O/c1-17-12-25(30-22-10-8-21(28)9-11-22)20(14-29)13-23(17)27-16-31(18(2)32)15-24(27)26(27)19-6-4-3-5-7-19/h3-14,24,26,29-30H,15-16H2,1-2H3. The molecule has 32 heavy (non-hydrogen) atoms. The molecule has 0 spiro atoms. The number of piperidine rings is 1. The second-order valence-electron chi connectivity index (χ2n) is 8.97. The van der Waals surface area contributed by atoms with Crippen molar-refractivity contribution >= 4 is 23.5 Å². The van der Waals surface area contributed by atoms with Crippen LogP contribution >= 0.6 is 0 Å². The zero-order chi connectivity index (χ0) is 22.5. The highest BCUT2D eigenvalue weighted by atomic mass is 19.1. The predicted molar refractivity (Wildman–Crippen MR) is 125 cm³/mol. The van der Waals surface area contributed by atoms with Crippen molar-refractivity contribution in [3.05, 3.63) is 94.8 Å². The number of hydrogen-bond donors (Lipinski definition) is 2. The number of halogens is 1. The third kappa shape index (κ3) is 3.20. The maximum absolute atomic E-state index is 13.3. The molecule has 0 bridgehead atoms. The van der Waals surface area contributed by atoms with Crippen LogP contribution in [0.15, 0.2) is 66.7 Å². The monoisotopic (exact) mass is 427 g/mol. The van der Waals surface area contributed by atoms with Gasteiger partial charge in [-0.05, 0) is 65.9 Å². The number of hydrogen-bond acceptors (Lipinski definition) is 3. The van der Waals surface area contributed by atoms with Gasteiger partial charge in [-0.1, -0.05) is 30.3 Å². The molecular weight excluding hydrogens is 401 g/mol. The van der Waals surface area contributed by atoms with Gasteiger partial charge >= 0.3 is 0 Å². The lowest BCUT2D eigenvalue weighted by Gasteiger charge is -2.25. The van der Waals surface area contributed by atoms with Gasteiger partial charge < -0.3 is 15.6 Å². The van der Waals surface area contributed by atoms with Crippen molar-refractivity contribution in [3.8, 4) is 0 Å². The van der Waals surface area contributed by atoms with E-state index < -0.39 is 0 Å². The van der Waals surface area contributed by atoms with Crippen LogP contribution in [0.4, 0.5) is 15.8 Å². The second-order valence-corrected chi connectivity index (χ2v) is 8.97. The molecule has 3 unspecified atom stereocenters. The first-order valence-corrected chi connectivity index (χ1v) is 10.9. The van der Waals surface area contributed by atoms with E-state index in [2.05, 4.69) is 48.6 Å². The summed E-state index contributed by atoms with van der Waals surface area (Å²) in [6, 6.07) is 20.9.